The Labute approximate surface area is 95.1 Å². The Balaban J connectivity index is 2.08. The van der Waals surface area contributed by atoms with Gasteiger partial charge in [-0.3, -0.25) is 0 Å². The van der Waals surface area contributed by atoms with Gasteiger partial charge in [0.1, 0.15) is 12.7 Å². The molecular weight excluding hydrogens is 200 g/mol. The maximum atomic E-state index is 5.48. The van der Waals surface area contributed by atoms with Gasteiger partial charge in [-0.15, -0.1) is 0 Å². The molecule has 0 unspecified atom stereocenters. The summed E-state index contributed by atoms with van der Waals surface area (Å²) in [4.78, 5) is 3.94. The summed E-state index contributed by atoms with van der Waals surface area (Å²) in [6.45, 7) is 0.767. The molecule has 2 aromatic rings. The molecule has 1 heterocycles. The van der Waals surface area contributed by atoms with Gasteiger partial charge in [0.25, 0.3) is 0 Å². The lowest BCUT2D eigenvalue weighted by atomic mass is 10.1. The van der Waals surface area contributed by atoms with Crippen LogP contribution in [0.3, 0.4) is 0 Å². The van der Waals surface area contributed by atoms with E-state index in [-0.39, 0.29) is 0 Å². The van der Waals surface area contributed by atoms with Crippen LogP contribution in [0.25, 0.3) is 5.69 Å². The van der Waals surface area contributed by atoms with Crippen LogP contribution in [-0.4, -0.2) is 21.3 Å². The summed E-state index contributed by atoms with van der Waals surface area (Å²) in [5.41, 5.74) is 7.86. The number of aryl methyl sites for hydroxylation is 1. The predicted octanol–water partition coefficient (Wildman–Crippen LogP) is 1.55. The monoisotopic (exact) mass is 216 g/mol. The van der Waals surface area contributed by atoms with Crippen LogP contribution in [0.15, 0.2) is 36.9 Å². The molecule has 4 heteroatoms. The van der Waals surface area contributed by atoms with E-state index in [9.17, 15) is 0 Å². The second-order valence-corrected chi connectivity index (χ2v) is 3.76. The van der Waals surface area contributed by atoms with E-state index < -0.39 is 0 Å². The number of unbranched alkanes of at least 4 members (excludes halogenated alkanes) is 1. The number of hydrogen-bond donors (Lipinski definition) is 1. The SMILES string of the molecule is NCCCCc1cccc(-n2cncn2)c1. The fourth-order valence-electron chi connectivity index (χ4n) is 1.67. The lowest BCUT2D eigenvalue weighted by molar-refractivity contribution is 0.743. The molecule has 0 saturated carbocycles. The number of hydrogen-bond acceptors (Lipinski definition) is 3. The molecule has 0 aliphatic carbocycles. The molecule has 0 radical (unpaired) electrons. The Hall–Kier alpha value is -1.68. The Bertz CT molecular complexity index is 422. The quantitative estimate of drug-likeness (QED) is 0.771. The Morgan fingerprint density at radius 3 is 2.94 bits per heavy atom. The second-order valence-electron chi connectivity index (χ2n) is 3.76. The van der Waals surface area contributed by atoms with Crippen LogP contribution < -0.4 is 5.73 Å². The Kier molecular flexibility index (Phi) is 3.66. The van der Waals surface area contributed by atoms with E-state index in [0.717, 1.165) is 31.5 Å². The zero-order valence-electron chi connectivity index (χ0n) is 9.21. The van der Waals surface area contributed by atoms with Gasteiger partial charge in [-0.25, -0.2) is 9.67 Å². The van der Waals surface area contributed by atoms with Crippen molar-refractivity contribution in [1.29, 1.82) is 0 Å². The minimum Gasteiger partial charge on any atom is -0.330 e. The van der Waals surface area contributed by atoms with Crippen molar-refractivity contribution in [1.82, 2.24) is 14.8 Å². The second kappa shape index (κ2) is 5.42. The van der Waals surface area contributed by atoms with E-state index in [1.54, 1.807) is 17.3 Å². The zero-order valence-corrected chi connectivity index (χ0v) is 9.21. The predicted molar refractivity (Wildman–Crippen MR) is 63.4 cm³/mol. The minimum atomic E-state index is 0.767. The third-order valence-corrected chi connectivity index (χ3v) is 2.51. The third kappa shape index (κ3) is 2.67. The molecule has 0 fully saturated rings. The minimum absolute atomic E-state index is 0.767. The van der Waals surface area contributed by atoms with E-state index in [1.807, 2.05) is 6.07 Å². The highest BCUT2D eigenvalue weighted by molar-refractivity contribution is 5.34. The van der Waals surface area contributed by atoms with Crippen molar-refractivity contribution in [3.63, 3.8) is 0 Å². The highest BCUT2D eigenvalue weighted by atomic mass is 15.3. The summed E-state index contributed by atoms with van der Waals surface area (Å²) < 4.78 is 1.77. The average Bonchev–Trinajstić information content (AvgIpc) is 2.83. The van der Waals surface area contributed by atoms with E-state index in [2.05, 4.69) is 28.3 Å². The van der Waals surface area contributed by atoms with Gasteiger partial charge in [0.15, 0.2) is 0 Å². The van der Waals surface area contributed by atoms with Gasteiger partial charge >= 0.3 is 0 Å². The average molecular weight is 216 g/mol. The molecule has 0 amide bonds. The fourth-order valence-corrected chi connectivity index (χ4v) is 1.67. The van der Waals surface area contributed by atoms with Crippen molar-refractivity contribution in [3.8, 4) is 5.69 Å². The van der Waals surface area contributed by atoms with E-state index in [1.165, 1.54) is 5.56 Å². The molecule has 1 aromatic heterocycles. The largest absolute Gasteiger partial charge is 0.330 e. The van der Waals surface area contributed by atoms with Crippen molar-refractivity contribution in [2.75, 3.05) is 6.54 Å². The normalized spacial score (nSPS) is 10.6. The maximum absolute atomic E-state index is 5.48. The highest BCUT2D eigenvalue weighted by Gasteiger charge is 1.98. The smallest absolute Gasteiger partial charge is 0.138 e. The number of nitrogens with zero attached hydrogens (tertiary/aromatic N) is 3. The lowest BCUT2D eigenvalue weighted by Crippen LogP contribution is -2.00. The van der Waals surface area contributed by atoms with Crippen LogP contribution in [0.5, 0.6) is 0 Å². The molecule has 0 aliphatic heterocycles. The van der Waals surface area contributed by atoms with Crippen molar-refractivity contribution in [2.45, 2.75) is 19.3 Å². The number of benzene rings is 1. The fraction of sp³-hybridized carbons (Fsp3) is 0.333. The molecule has 0 aliphatic rings. The van der Waals surface area contributed by atoms with Gasteiger partial charge in [0.2, 0.25) is 0 Å². The van der Waals surface area contributed by atoms with Gasteiger partial charge in [-0.05, 0) is 43.5 Å². The van der Waals surface area contributed by atoms with Crippen molar-refractivity contribution >= 4 is 0 Å². The first-order valence-corrected chi connectivity index (χ1v) is 5.54. The molecule has 4 nitrogen and oxygen atoms in total. The van der Waals surface area contributed by atoms with Gasteiger partial charge in [0, 0.05) is 0 Å². The maximum Gasteiger partial charge on any atom is 0.138 e. The first-order chi connectivity index (χ1) is 7.90. The summed E-state index contributed by atoms with van der Waals surface area (Å²) in [6, 6.07) is 8.36. The molecule has 2 rings (SSSR count). The molecular formula is C12H16N4. The van der Waals surface area contributed by atoms with Gasteiger partial charge in [-0.1, -0.05) is 12.1 Å². The van der Waals surface area contributed by atoms with E-state index in [4.69, 9.17) is 5.73 Å². The standard InChI is InChI=1S/C12H16N4/c13-7-2-1-4-11-5-3-6-12(8-11)16-10-14-9-15-16/h3,5-6,8-10H,1-2,4,7,13H2. The third-order valence-electron chi connectivity index (χ3n) is 2.51. The van der Waals surface area contributed by atoms with Crippen LogP contribution in [0.2, 0.25) is 0 Å². The topological polar surface area (TPSA) is 56.7 Å². The summed E-state index contributed by atoms with van der Waals surface area (Å²) in [5, 5.41) is 4.11. The molecule has 84 valence electrons. The summed E-state index contributed by atoms with van der Waals surface area (Å²) in [7, 11) is 0. The van der Waals surface area contributed by atoms with Gasteiger partial charge < -0.3 is 5.73 Å². The molecule has 1 aromatic carbocycles. The van der Waals surface area contributed by atoms with Crippen LogP contribution in [0.1, 0.15) is 18.4 Å². The summed E-state index contributed by atoms with van der Waals surface area (Å²) in [6.07, 6.45) is 6.53. The molecule has 0 spiro atoms. The Morgan fingerprint density at radius 2 is 2.19 bits per heavy atom. The number of aromatic nitrogens is 3. The highest BCUT2D eigenvalue weighted by Crippen LogP contribution is 2.11. The van der Waals surface area contributed by atoms with E-state index >= 15 is 0 Å². The van der Waals surface area contributed by atoms with Gasteiger partial charge in [-0.2, -0.15) is 5.10 Å². The van der Waals surface area contributed by atoms with E-state index in [0.29, 0.717) is 0 Å². The molecule has 0 saturated heterocycles. The van der Waals surface area contributed by atoms with Crippen LogP contribution in [0, 0.1) is 0 Å². The van der Waals surface area contributed by atoms with Crippen molar-refractivity contribution < 1.29 is 0 Å². The molecule has 0 atom stereocenters. The summed E-state index contributed by atoms with van der Waals surface area (Å²) in [5.74, 6) is 0. The lowest BCUT2D eigenvalue weighted by Gasteiger charge is -2.04. The molecule has 16 heavy (non-hydrogen) atoms. The first kappa shape index (κ1) is 10.8. The van der Waals surface area contributed by atoms with Crippen LogP contribution in [0.4, 0.5) is 0 Å². The van der Waals surface area contributed by atoms with Crippen molar-refractivity contribution in [3.05, 3.63) is 42.5 Å². The number of nitrogens with two attached hydrogens (primary N) is 1. The number of rotatable bonds is 5. The van der Waals surface area contributed by atoms with Crippen LogP contribution in [-0.2, 0) is 6.42 Å². The van der Waals surface area contributed by atoms with Gasteiger partial charge in [0.05, 0.1) is 5.69 Å². The molecule has 0 bridgehead atoms. The van der Waals surface area contributed by atoms with Crippen LogP contribution >= 0.6 is 0 Å². The van der Waals surface area contributed by atoms with Crippen molar-refractivity contribution in [2.24, 2.45) is 5.73 Å². The summed E-state index contributed by atoms with van der Waals surface area (Å²) >= 11 is 0. The zero-order chi connectivity index (χ0) is 11.2. The molecule has 2 N–H and O–H groups in total. The Morgan fingerprint density at radius 1 is 1.25 bits per heavy atom. The first-order valence-electron chi connectivity index (χ1n) is 5.54.